The molecular weight excluding hydrogens is 406 g/mol. The third-order valence-electron chi connectivity index (χ3n) is 4.65. The van der Waals surface area contributed by atoms with Crippen LogP contribution < -0.4 is 10.6 Å². The van der Waals surface area contributed by atoms with Gasteiger partial charge >= 0.3 is 0 Å². The molecule has 0 saturated heterocycles. The summed E-state index contributed by atoms with van der Waals surface area (Å²) in [5.41, 5.74) is 1.04. The molecule has 0 bridgehead atoms. The average molecular weight is 430 g/mol. The molecule has 1 aliphatic heterocycles. The van der Waals surface area contributed by atoms with E-state index >= 15 is 0 Å². The first-order chi connectivity index (χ1) is 14.3. The number of hydrogen-bond donors (Lipinski definition) is 2. The van der Waals surface area contributed by atoms with Crippen LogP contribution in [0.1, 0.15) is 35.9 Å². The number of imide groups is 1. The third kappa shape index (κ3) is 4.35. The Labute approximate surface area is 178 Å². The molecule has 2 aromatic heterocycles. The van der Waals surface area contributed by atoms with Gasteiger partial charge in [-0.05, 0) is 19.1 Å². The number of thioether (sulfide) groups is 1. The average Bonchev–Trinajstić information content (AvgIpc) is 3.42. The molecule has 3 amide bonds. The fourth-order valence-corrected chi connectivity index (χ4v) is 3.66. The molecule has 2 aromatic rings. The van der Waals surface area contributed by atoms with Gasteiger partial charge in [-0.1, -0.05) is 0 Å². The zero-order valence-corrected chi connectivity index (χ0v) is 18.0. The molecule has 0 aromatic carbocycles. The van der Waals surface area contributed by atoms with Crippen molar-refractivity contribution in [2.45, 2.75) is 19.9 Å². The minimum absolute atomic E-state index is 0.123. The summed E-state index contributed by atoms with van der Waals surface area (Å²) in [6.07, 6.45) is 3.06. The predicted octanol–water partition coefficient (Wildman–Crippen LogP) is 1.63. The highest BCUT2D eigenvalue weighted by molar-refractivity contribution is 8.14. The number of hydrogen-bond acceptors (Lipinski definition) is 8. The lowest BCUT2D eigenvalue weighted by molar-refractivity contribution is -0.125. The van der Waals surface area contributed by atoms with Gasteiger partial charge in [-0.3, -0.25) is 24.3 Å². The third-order valence-corrected chi connectivity index (χ3v) is 5.68. The summed E-state index contributed by atoms with van der Waals surface area (Å²) < 4.78 is 1.43. The number of nitrogens with zero attached hydrogens (tertiary/aromatic N) is 5. The Kier molecular flexibility index (Phi) is 6.50. The Balaban J connectivity index is 1.78. The van der Waals surface area contributed by atoms with Crippen LogP contribution in [0.2, 0.25) is 0 Å². The summed E-state index contributed by atoms with van der Waals surface area (Å²) >= 11 is 1.68. The highest BCUT2D eigenvalue weighted by Crippen LogP contribution is 2.22. The molecule has 0 radical (unpaired) electrons. The fraction of sp³-hybridized carbons (Fsp3) is 0.368. The lowest BCUT2D eigenvalue weighted by Crippen LogP contribution is -2.35. The van der Waals surface area contributed by atoms with Gasteiger partial charge in [0.2, 0.25) is 11.8 Å². The smallest absolute Gasteiger partial charge is 0.280 e. The van der Waals surface area contributed by atoms with Gasteiger partial charge < -0.3 is 15.2 Å². The maximum absolute atomic E-state index is 12.8. The number of nitrogens with one attached hydrogen (secondary N) is 2. The van der Waals surface area contributed by atoms with Gasteiger partial charge in [-0.2, -0.15) is 0 Å². The molecule has 0 fully saturated rings. The lowest BCUT2D eigenvalue weighted by Gasteiger charge is -2.19. The van der Waals surface area contributed by atoms with Crippen LogP contribution in [-0.4, -0.2) is 68.6 Å². The van der Waals surface area contributed by atoms with Gasteiger partial charge in [0, 0.05) is 45.1 Å². The van der Waals surface area contributed by atoms with Crippen LogP contribution >= 0.6 is 11.8 Å². The standard InChI is InChI=1S/C19H23N7O3S/c1-11(26-10-23-16(20-3)15(26)19(29)25(4)12(2)27)17(28)24-14-6-5-13(9-22-14)18-21-7-8-30-18/h5-6,9-11,20H,7-8H2,1-4H3,(H,22,24,28). The highest BCUT2D eigenvalue weighted by atomic mass is 32.2. The van der Waals surface area contributed by atoms with Crippen molar-refractivity contribution in [3.05, 3.63) is 35.9 Å². The first-order valence-electron chi connectivity index (χ1n) is 9.31. The van der Waals surface area contributed by atoms with Gasteiger partial charge in [0.05, 0.1) is 11.4 Å². The summed E-state index contributed by atoms with van der Waals surface area (Å²) in [6, 6.07) is 2.80. The van der Waals surface area contributed by atoms with Gasteiger partial charge in [0.25, 0.3) is 5.91 Å². The molecule has 0 saturated carbocycles. The Morgan fingerprint density at radius 3 is 2.60 bits per heavy atom. The molecule has 10 nitrogen and oxygen atoms in total. The van der Waals surface area contributed by atoms with Crippen molar-refractivity contribution >= 4 is 46.2 Å². The number of amides is 3. The zero-order valence-electron chi connectivity index (χ0n) is 17.2. The molecule has 3 heterocycles. The topological polar surface area (TPSA) is 122 Å². The van der Waals surface area contributed by atoms with E-state index in [0.717, 1.165) is 27.8 Å². The van der Waals surface area contributed by atoms with Gasteiger partial charge in [-0.25, -0.2) is 9.97 Å². The maximum Gasteiger partial charge on any atom is 0.280 e. The van der Waals surface area contributed by atoms with Crippen LogP contribution in [0.4, 0.5) is 11.6 Å². The number of carbonyl (C=O) groups excluding carboxylic acids is 3. The monoisotopic (exact) mass is 429 g/mol. The van der Waals surface area contributed by atoms with Crippen LogP contribution in [0.3, 0.4) is 0 Å². The number of pyridine rings is 1. The summed E-state index contributed by atoms with van der Waals surface area (Å²) in [6.45, 7) is 3.73. The second-order valence-electron chi connectivity index (χ2n) is 6.61. The summed E-state index contributed by atoms with van der Waals surface area (Å²) in [4.78, 5) is 51.0. The first-order valence-corrected chi connectivity index (χ1v) is 10.3. The van der Waals surface area contributed by atoms with Crippen LogP contribution in [0, 0.1) is 0 Å². The molecule has 3 rings (SSSR count). The van der Waals surface area contributed by atoms with E-state index in [1.54, 1.807) is 38.0 Å². The maximum atomic E-state index is 12.8. The molecule has 1 atom stereocenters. The molecule has 158 valence electrons. The van der Waals surface area contributed by atoms with E-state index in [-0.39, 0.29) is 17.4 Å². The lowest BCUT2D eigenvalue weighted by atomic mass is 10.2. The van der Waals surface area contributed by atoms with Crippen LogP contribution in [0.5, 0.6) is 0 Å². The number of carbonyl (C=O) groups is 3. The quantitative estimate of drug-likeness (QED) is 0.716. The van der Waals surface area contributed by atoms with Gasteiger partial charge in [-0.15, -0.1) is 11.8 Å². The summed E-state index contributed by atoms with van der Waals surface area (Å²) in [7, 11) is 2.99. The van der Waals surface area contributed by atoms with E-state index in [9.17, 15) is 14.4 Å². The number of anilines is 2. The molecule has 1 unspecified atom stereocenters. The first kappa shape index (κ1) is 21.5. The van der Waals surface area contributed by atoms with Crippen molar-refractivity contribution in [2.24, 2.45) is 4.99 Å². The van der Waals surface area contributed by atoms with Crippen molar-refractivity contribution in [1.29, 1.82) is 0 Å². The van der Waals surface area contributed by atoms with E-state index in [1.807, 2.05) is 6.07 Å². The molecule has 0 spiro atoms. The van der Waals surface area contributed by atoms with Crippen molar-refractivity contribution in [2.75, 3.05) is 37.0 Å². The number of rotatable bonds is 6. The van der Waals surface area contributed by atoms with Crippen LogP contribution in [0.25, 0.3) is 0 Å². The largest absolute Gasteiger partial charge is 0.371 e. The molecule has 0 aliphatic carbocycles. The van der Waals surface area contributed by atoms with Crippen molar-refractivity contribution in [3.63, 3.8) is 0 Å². The summed E-state index contributed by atoms with van der Waals surface area (Å²) in [5.74, 6) is 0.293. The second-order valence-corrected chi connectivity index (χ2v) is 7.70. The minimum Gasteiger partial charge on any atom is -0.371 e. The normalized spacial score (nSPS) is 14.1. The molecular formula is C19H23N7O3S. The Morgan fingerprint density at radius 1 is 1.27 bits per heavy atom. The van der Waals surface area contributed by atoms with E-state index in [2.05, 4.69) is 25.6 Å². The predicted molar refractivity (Wildman–Crippen MR) is 116 cm³/mol. The Hall–Kier alpha value is -3.21. The van der Waals surface area contributed by atoms with Crippen LogP contribution in [-0.2, 0) is 9.59 Å². The number of aliphatic imine (C=N–C) groups is 1. The Morgan fingerprint density at radius 2 is 2.03 bits per heavy atom. The Bertz CT molecular complexity index is 1000. The van der Waals surface area contributed by atoms with E-state index in [0.29, 0.717) is 5.82 Å². The molecule has 30 heavy (non-hydrogen) atoms. The second kappa shape index (κ2) is 9.08. The minimum atomic E-state index is -0.768. The SMILES string of the molecule is CNc1ncn(C(C)C(=O)Nc2ccc(C3=NCCS3)cn2)c1C(=O)N(C)C(C)=O. The number of aromatic nitrogens is 3. The number of imidazole rings is 1. The van der Waals surface area contributed by atoms with Gasteiger partial charge in [0.1, 0.15) is 11.9 Å². The van der Waals surface area contributed by atoms with E-state index in [4.69, 9.17) is 0 Å². The fourth-order valence-electron chi connectivity index (χ4n) is 2.81. The highest BCUT2D eigenvalue weighted by Gasteiger charge is 2.28. The van der Waals surface area contributed by atoms with Crippen molar-refractivity contribution < 1.29 is 14.4 Å². The van der Waals surface area contributed by atoms with E-state index in [1.165, 1.54) is 24.9 Å². The van der Waals surface area contributed by atoms with E-state index < -0.39 is 17.9 Å². The zero-order chi connectivity index (χ0) is 21.8. The molecule has 1 aliphatic rings. The van der Waals surface area contributed by atoms with Crippen LogP contribution in [0.15, 0.2) is 29.6 Å². The van der Waals surface area contributed by atoms with Gasteiger partial charge in [0.15, 0.2) is 11.5 Å². The summed E-state index contributed by atoms with van der Waals surface area (Å²) in [5, 5.41) is 6.51. The molecule has 11 heteroatoms. The van der Waals surface area contributed by atoms with Crippen molar-refractivity contribution in [1.82, 2.24) is 19.4 Å². The molecule has 2 N–H and O–H groups in total. The van der Waals surface area contributed by atoms with Crippen molar-refractivity contribution in [3.8, 4) is 0 Å².